The van der Waals surface area contributed by atoms with Crippen molar-refractivity contribution in [2.75, 3.05) is 4.90 Å². The lowest BCUT2D eigenvalue weighted by molar-refractivity contribution is -0.385. The molecule has 7 nitrogen and oxygen atoms in total. The maximum Gasteiger partial charge on any atom is 0.283 e. The summed E-state index contributed by atoms with van der Waals surface area (Å²) in [5.41, 5.74) is 0.0912. The second kappa shape index (κ2) is 5.13. The SMILES string of the molecule is CC(=O)c1ccc(N2C(=O)c3cccc([N+](=O)[O-])c3C2=O)cc1. The van der Waals surface area contributed by atoms with Crippen molar-refractivity contribution in [1.82, 2.24) is 0 Å². The Morgan fingerprint density at radius 3 is 2.26 bits per heavy atom. The molecule has 0 aromatic heterocycles. The summed E-state index contributed by atoms with van der Waals surface area (Å²) in [6.07, 6.45) is 0. The molecular formula is C16H10N2O5. The van der Waals surface area contributed by atoms with Gasteiger partial charge in [-0.2, -0.15) is 0 Å². The fourth-order valence-corrected chi connectivity index (χ4v) is 2.50. The van der Waals surface area contributed by atoms with Crippen LogP contribution in [0.15, 0.2) is 42.5 Å². The van der Waals surface area contributed by atoms with Crippen LogP contribution in [0.5, 0.6) is 0 Å². The average Bonchev–Trinajstić information content (AvgIpc) is 2.79. The van der Waals surface area contributed by atoms with Crippen LogP contribution in [0.25, 0.3) is 0 Å². The van der Waals surface area contributed by atoms with E-state index in [9.17, 15) is 24.5 Å². The summed E-state index contributed by atoms with van der Waals surface area (Å²) in [5.74, 6) is -1.51. The maximum atomic E-state index is 12.5. The maximum absolute atomic E-state index is 12.5. The monoisotopic (exact) mass is 310 g/mol. The van der Waals surface area contributed by atoms with Gasteiger partial charge in [-0.05, 0) is 37.3 Å². The lowest BCUT2D eigenvalue weighted by Gasteiger charge is -2.13. The third-order valence-electron chi connectivity index (χ3n) is 3.62. The molecule has 1 heterocycles. The van der Waals surface area contributed by atoms with Crippen LogP contribution in [0, 0.1) is 10.1 Å². The summed E-state index contributed by atoms with van der Waals surface area (Å²) in [4.78, 5) is 47.4. The van der Waals surface area contributed by atoms with Gasteiger partial charge in [0.15, 0.2) is 5.78 Å². The number of ketones is 1. The van der Waals surface area contributed by atoms with Crippen LogP contribution in [-0.2, 0) is 0 Å². The second-order valence-corrected chi connectivity index (χ2v) is 5.01. The fraction of sp³-hybridized carbons (Fsp3) is 0.0625. The van der Waals surface area contributed by atoms with Gasteiger partial charge >= 0.3 is 0 Å². The molecule has 0 aliphatic carbocycles. The van der Waals surface area contributed by atoms with Crippen molar-refractivity contribution in [3.63, 3.8) is 0 Å². The zero-order valence-electron chi connectivity index (χ0n) is 12.0. The molecule has 0 saturated carbocycles. The van der Waals surface area contributed by atoms with Crippen molar-refractivity contribution in [2.45, 2.75) is 6.92 Å². The van der Waals surface area contributed by atoms with Crippen LogP contribution in [0.4, 0.5) is 11.4 Å². The first-order chi connectivity index (χ1) is 10.9. The molecule has 2 aromatic rings. The van der Waals surface area contributed by atoms with Crippen LogP contribution < -0.4 is 4.90 Å². The Kier molecular flexibility index (Phi) is 3.25. The highest BCUT2D eigenvalue weighted by molar-refractivity contribution is 6.35. The highest BCUT2D eigenvalue weighted by Gasteiger charge is 2.41. The van der Waals surface area contributed by atoms with E-state index in [4.69, 9.17) is 0 Å². The third-order valence-corrected chi connectivity index (χ3v) is 3.62. The molecule has 0 saturated heterocycles. The summed E-state index contributed by atoms with van der Waals surface area (Å²) in [6.45, 7) is 1.40. The summed E-state index contributed by atoms with van der Waals surface area (Å²) in [7, 11) is 0. The first kappa shape index (κ1) is 14.6. The standard InChI is InChI=1S/C16H10N2O5/c1-9(19)10-5-7-11(8-6-10)17-15(20)12-3-2-4-13(18(22)23)14(12)16(17)21/h2-8H,1H3. The number of hydrogen-bond donors (Lipinski definition) is 0. The molecule has 3 rings (SSSR count). The minimum absolute atomic E-state index is 0.000144. The van der Waals surface area contributed by atoms with Gasteiger partial charge < -0.3 is 0 Å². The number of nitro groups is 1. The van der Waals surface area contributed by atoms with Gasteiger partial charge in [-0.15, -0.1) is 0 Å². The highest BCUT2D eigenvalue weighted by Crippen LogP contribution is 2.33. The van der Waals surface area contributed by atoms with E-state index in [-0.39, 0.29) is 22.6 Å². The first-order valence-electron chi connectivity index (χ1n) is 6.69. The Balaban J connectivity index is 2.08. The molecule has 1 aliphatic heterocycles. The summed E-state index contributed by atoms with van der Waals surface area (Å²) >= 11 is 0. The predicted molar refractivity (Wildman–Crippen MR) is 80.7 cm³/mol. The molecular weight excluding hydrogens is 300 g/mol. The van der Waals surface area contributed by atoms with Gasteiger partial charge in [0.1, 0.15) is 5.56 Å². The van der Waals surface area contributed by atoms with E-state index in [0.29, 0.717) is 5.56 Å². The molecule has 0 fully saturated rings. The molecule has 23 heavy (non-hydrogen) atoms. The zero-order chi connectivity index (χ0) is 16.7. The van der Waals surface area contributed by atoms with Crippen molar-refractivity contribution in [3.05, 3.63) is 69.3 Å². The molecule has 2 amide bonds. The van der Waals surface area contributed by atoms with Crippen molar-refractivity contribution in [3.8, 4) is 0 Å². The molecule has 0 bridgehead atoms. The van der Waals surface area contributed by atoms with E-state index in [0.717, 1.165) is 4.90 Å². The van der Waals surface area contributed by atoms with Crippen LogP contribution in [0.3, 0.4) is 0 Å². The van der Waals surface area contributed by atoms with E-state index in [1.807, 2.05) is 0 Å². The number of Topliss-reactive ketones (excluding diaryl/α,β-unsaturated/α-hetero) is 1. The summed E-state index contributed by atoms with van der Waals surface area (Å²) < 4.78 is 0. The molecule has 2 aromatic carbocycles. The second-order valence-electron chi connectivity index (χ2n) is 5.01. The van der Waals surface area contributed by atoms with Gasteiger partial charge in [0, 0.05) is 11.6 Å². The number of carbonyl (C=O) groups is 3. The number of rotatable bonds is 3. The van der Waals surface area contributed by atoms with Gasteiger partial charge in [-0.3, -0.25) is 24.5 Å². The van der Waals surface area contributed by atoms with Crippen LogP contribution in [0.2, 0.25) is 0 Å². The number of nitro benzene ring substituents is 1. The normalized spacial score (nSPS) is 13.2. The molecule has 0 radical (unpaired) electrons. The van der Waals surface area contributed by atoms with Gasteiger partial charge in [0.25, 0.3) is 17.5 Å². The van der Waals surface area contributed by atoms with E-state index in [1.54, 1.807) is 0 Å². The third kappa shape index (κ3) is 2.18. The topological polar surface area (TPSA) is 97.6 Å². The van der Waals surface area contributed by atoms with Crippen molar-refractivity contribution >= 4 is 29.0 Å². The number of amides is 2. The van der Waals surface area contributed by atoms with E-state index < -0.39 is 22.4 Å². The van der Waals surface area contributed by atoms with E-state index >= 15 is 0 Å². The van der Waals surface area contributed by atoms with Gasteiger partial charge in [-0.1, -0.05) is 6.07 Å². The number of imide groups is 1. The minimum atomic E-state index is -0.743. The average molecular weight is 310 g/mol. The highest BCUT2D eigenvalue weighted by atomic mass is 16.6. The molecule has 0 N–H and O–H groups in total. The van der Waals surface area contributed by atoms with Crippen LogP contribution in [0.1, 0.15) is 38.0 Å². The van der Waals surface area contributed by atoms with Gasteiger partial charge in [0.05, 0.1) is 16.2 Å². The Morgan fingerprint density at radius 2 is 1.70 bits per heavy atom. The summed E-state index contributed by atoms with van der Waals surface area (Å²) in [6, 6.07) is 9.85. The Morgan fingerprint density at radius 1 is 1.04 bits per heavy atom. The lowest BCUT2D eigenvalue weighted by atomic mass is 10.1. The summed E-state index contributed by atoms with van der Waals surface area (Å²) in [5, 5.41) is 11.1. The number of carbonyl (C=O) groups excluding carboxylic acids is 3. The Bertz CT molecular complexity index is 871. The van der Waals surface area contributed by atoms with Gasteiger partial charge in [0.2, 0.25) is 0 Å². The van der Waals surface area contributed by atoms with Crippen LogP contribution >= 0.6 is 0 Å². The van der Waals surface area contributed by atoms with Crippen molar-refractivity contribution in [1.29, 1.82) is 0 Å². The first-order valence-corrected chi connectivity index (χ1v) is 6.69. The number of anilines is 1. The number of hydrogen-bond acceptors (Lipinski definition) is 5. The largest absolute Gasteiger partial charge is 0.295 e. The lowest BCUT2D eigenvalue weighted by Crippen LogP contribution is -2.29. The Labute approximate surface area is 130 Å². The fourth-order valence-electron chi connectivity index (χ4n) is 2.50. The smallest absolute Gasteiger partial charge is 0.283 e. The number of fused-ring (bicyclic) bond motifs is 1. The predicted octanol–water partition coefficient (Wildman–Crippen LogP) is 2.60. The number of nitrogens with zero attached hydrogens (tertiary/aromatic N) is 2. The van der Waals surface area contributed by atoms with E-state index in [2.05, 4.69) is 0 Å². The van der Waals surface area contributed by atoms with Gasteiger partial charge in [-0.25, -0.2) is 4.90 Å². The van der Waals surface area contributed by atoms with Crippen molar-refractivity contribution in [2.24, 2.45) is 0 Å². The molecule has 0 spiro atoms. The molecule has 114 valence electrons. The molecule has 1 aliphatic rings. The zero-order valence-corrected chi connectivity index (χ0v) is 12.0. The molecule has 0 atom stereocenters. The van der Waals surface area contributed by atoms with Crippen LogP contribution in [-0.4, -0.2) is 22.5 Å². The minimum Gasteiger partial charge on any atom is -0.295 e. The van der Waals surface area contributed by atoms with E-state index in [1.165, 1.54) is 49.4 Å². The number of benzene rings is 2. The molecule has 0 unspecified atom stereocenters. The van der Waals surface area contributed by atoms with Crippen molar-refractivity contribution < 1.29 is 19.3 Å². The Hall–Kier alpha value is -3.35. The molecule has 7 heteroatoms. The quantitative estimate of drug-likeness (QED) is 0.375.